The molecule has 0 N–H and O–H groups in total. The molecule has 35 heavy (non-hydrogen) atoms. The molecule has 2 aromatic carbocycles. The number of nitrogens with zero attached hydrogens (tertiary/aromatic N) is 3. The van der Waals surface area contributed by atoms with Crippen molar-refractivity contribution in [1.29, 1.82) is 0 Å². The lowest BCUT2D eigenvalue weighted by Gasteiger charge is -2.32. The molecule has 0 aliphatic carbocycles. The molecule has 0 radical (unpaired) electrons. The van der Waals surface area contributed by atoms with E-state index >= 15 is 0 Å². The number of rotatable bonds is 8. The first-order chi connectivity index (χ1) is 17.0. The maximum absolute atomic E-state index is 13.5. The molecule has 2 aliphatic heterocycles. The van der Waals surface area contributed by atoms with Gasteiger partial charge in [-0.2, -0.15) is 5.10 Å². The third-order valence-corrected chi connectivity index (χ3v) is 6.66. The summed E-state index contributed by atoms with van der Waals surface area (Å²) in [6, 6.07) is 15.3. The van der Waals surface area contributed by atoms with Crippen molar-refractivity contribution in [2.24, 2.45) is 11.0 Å². The van der Waals surface area contributed by atoms with Gasteiger partial charge < -0.3 is 14.2 Å². The summed E-state index contributed by atoms with van der Waals surface area (Å²) in [5, 5.41) is 6.40. The Hall–Kier alpha value is -3.39. The van der Waals surface area contributed by atoms with Crippen LogP contribution < -0.4 is 9.47 Å². The fourth-order valence-electron chi connectivity index (χ4n) is 4.63. The predicted molar refractivity (Wildman–Crippen MR) is 133 cm³/mol. The minimum absolute atomic E-state index is 0.0519. The Kier molecular flexibility index (Phi) is 8.02. The maximum Gasteiger partial charge on any atom is 0.309 e. The highest BCUT2D eigenvalue weighted by molar-refractivity contribution is 6.03. The number of hydrogen-bond donors (Lipinski definition) is 0. The normalized spacial score (nSPS) is 18.8. The van der Waals surface area contributed by atoms with Crippen molar-refractivity contribution in [3.8, 4) is 11.5 Å². The van der Waals surface area contributed by atoms with E-state index in [1.807, 2.05) is 55.5 Å². The predicted octanol–water partition coefficient (Wildman–Crippen LogP) is 3.66. The molecular formula is C27H33N3O5. The highest BCUT2D eigenvalue weighted by Gasteiger charge is 2.35. The van der Waals surface area contributed by atoms with E-state index in [9.17, 15) is 9.59 Å². The van der Waals surface area contributed by atoms with Gasteiger partial charge in [-0.05, 0) is 80.4 Å². The quantitative estimate of drug-likeness (QED) is 0.538. The summed E-state index contributed by atoms with van der Waals surface area (Å²) < 4.78 is 15.7. The van der Waals surface area contributed by atoms with Crippen LogP contribution in [0.15, 0.2) is 53.6 Å². The number of carbonyl (C=O) groups is 2. The number of hydrogen-bond acceptors (Lipinski definition) is 7. The van der Waals surface area contributed by atoms with Crippen molar-refractivity contribution in [3.05, 3.63) is 59.7 Å². The number of amides is 1. The molecule has 8 nitrogen and oxygen atoms in total. The van der Waals surface area contributed by atoms with Crippen molar-refractivity contribution in [2.45, 2.75) is 32.2 Å². The monoisotopic (exact) mass is 479 g/mol. The van der Waals surface area contributed by atoms with E-state index in [1.165, 1.54) is 0 Å². The molecule has 186 valence electrons. The number of hydrazone groups is 1. The number of esters is 1. The van der Waals surface area contributed by atoms with Gasteiger partial charge in [-0.3, -0.25) is 14.5 Å². The smallest absolute Gasteiger partial charge is 0.309 e. The fourth-order valence-corrected chi connectivity index (χ4v) is 4.63. The van der Waals surface area contributed by atoms with Gasteiger partial charge in [-0.1, -0.05) is 12.1 Å². The van der Waals surface area contributed by atoms with Crippen LogP contribution >= 0.6 is 0 Å². The standard InChI is InChI=1S/C27H33N3O5/c1-4-35-27(32)21-13-15-29(16-14-21)18-26(31)30-25(20-7-11-23(34-3)12-8-20)17-24(28-30)19-5-9-22(33-2)10-6-19/h5-12,21,25H,4,13-18H2,1-3H3/t25-/m0/s1. The van der Waals surface area contributed by atoms with E-state index in [-0.39, 0.29) is 30.4 Å². The third-order valence-electron chi connectivity index (χ3n) is 6.66. The number of carbonyl (C=O) groups excluding carboxylic acids is 2. The Bertz CT molecular complexity index is 1040. The summed E-state index contributed by atoms with van der Waals surface area (Å²) in [5.74, 6) is 1.28. The van der Waals surface area contributed by atoms with E-state index < -0.39 is 0 Å². The molecule has 2 heterocycles. The first-order valence-corrected chi connectivity index (χ1v) is 12.1. The average Bonchev–Trinajstić information content (AvgIpc) is 3.35. The van der Waals surface area contributed by atoms with Gasteiger partial charge in [0.1, 0.15) is 11.5 Å². The minimum Gasteiger partial charge on any atom is -0.497 e. The van der Waals surface area contributed by atoms with E-state index in [4.69, 9.17) is 19.3 Å². The molecule has 0 unspecified atom stereocenters. The highest BCUT2D eigenvalue weighted by atomic mass is 16.5. The molecule has 1 fully saturated rings. The molecule has 4 rings (SSSR count). The Morgan fingerprint density at radius 3 is 2.11 bits per heavy atom. The molecule has 1 saturated heterocycles. The van der Waals surface area contributed by atoms with Gasteiger partial charge in [0.2, 0.25) is 0 Å². The fraction of sp³-hybridized carbons (Fsp3) is 0.444. The van der Waals surface area contributed by atoms with Crippen molar-refractivity contribution >= 4 is 17.6 Å². The molecule has 0 bridgehead atoms. The number of benzene rings is 2. The Morgan fingerprint density at radius 1 is 0.943 bits per heavy atom. The highest BCUT2D eigenvalue weighted by Crippen LogP contribution is 2.34. The van der Waals surface area contributed by atoms with Crippen molar-refractivity contribution < 1.29 is 23.8 Å². The Morgan fingerprint density at radius 2 is 1.54 bits per heavy atom. The third kappa shape index (κ3) is 5.82. The molecule has 1 atom stereocenters. The van der Waals surface area contributed by atoms with Crippen LogP contribution in [-0.2, 0) is 14.3 Å². The van der Waals surface area contributed by atoms with Crippen LogP contribution in [-0.4, -0.2) is 68.0 Å². The summed E-state index contributed by atoms with van der Waals surface area (Å²) in [7, 11) is 3.27. The lowest BCUT2D eigenvalue weighted by molar-refractivity contribution is -0.149. The molecule has 8 heteroatoms. The summed E-state index contributed by atoms with van der Waals surface area (Å²) >= 11 is 0. The number of piperidine rings is 1. The molecule has 2 aliphatic rings. The van der Waals surface area contributed by atoms with Gasteiger partial charge >= 0.3 is 5.97 Å². The zero-order valence-electron chi connectivity index (χ0n) is 20.6. The van der Waals surface area contributed by atoms with Crippen molar-refractivity contribution in [3.63, 3.8) is 0 Å². The second-order valence-electron chi connectivity index (χ2n) is 8.81. The van der Waals surface area contributed by atoms with Crippen molar-refractivity contribution in [2.75, 3.05) is 40.5 Å². The van der Waals surface area contributed by atoms with Crippen LogP contribution in [0.2, 0.25) is 0 Å². The summed E-state index contributed by atoms with van der Waals surface area (Å²) in [5.41, 5.74) is 2.84. The minimum atomic E-state index is -0.192. The largest absolute Gasteiger partial charge is 0.497 e. The van der Waals surface area contributed by atoms with E-state index in [0.29, 0.717) is 39.0 Å². The zero-order chi connectivity index (χ0) is 24.8. The first-order valence-electron chi connectivity index (χ1n) is 12.1. The van der Waals surface area contributed by atoms with Crippen LogP contribution in [0.3, 0.4) is 0 Å². The average molecular weight is 480 g/mol. The second-order valence-corrected chi connectivity index (χ2v) is 8.81. The van der Waals surface area contributed by atoms with Gasteiger partial charge in [0, 0.05) is 6.42 Å². The first kappa shape index (κ1) is 24.7. The molecule has 0 saturated carbocycles. The van der Waals surface area contributed by atoms with Crippen LogP contribution in [0.5, 0.6) is 11.5 Å². The maximum atomic E-state index is 13.5. The zero-order valence-corrected chi connectivity index (χ0v) is 20.6. The number of likely N-dealkylation sites (tertiary alicyclic amines) is 1. The van der Waals surface area contributed by atoms with Gasteiger partial charge in [-0.15, -0.1) is 0 Å². The van der Waals surface area contributed by atoms with E-state index in [1.54, 1.807) is 19.2 Å². The van der Waals surface area contributed by atoms with Crippen LogP contribution in [0.4, 0.5) is 0 Å². The van der Waals surface area contributed by atoms with E-state index in [0.717, 1.165) is 28.3 Å². The van der Waals surface area contributed by atoms with Crippen molar-refractivity contribution in [1.82, 2.24) is 9.91 Å². The van der Waals surface area contributed by atoms with Crippen LogP contribution in [0.25, 0.3) is 0 Å². The summed E-state index contributed by atoms with van der Waals surface area (Å²) in [6.07, 6.45) is 2.03. The van der Waals surface area contributed by atoms with Crippen LogP contribution in [0.1, 0.15) is 43.4 Å². The molecular weight excluding hydrogens is 446 g/mol. The lowest BCUT2D eigenvalue weighted by atomic mass is 9.97. The lowest BCUT2D eigenvalue weighted by Crippen LogP contribution is -2.43. The van der Waals surface area contributed by atoms with E-state index in [2.05, 4.69) is 4.90 Å². The molecule has 0 aromatic heterocycles. The molecule has 1 amide bonds. The molecule has 0 spiro atoms. The Labute approximate surface area is 206 Å². The summed E-state index contributed by atoms with van der Waals surface area (Å²) in [4.78, 5) is 27.6. The van der Waals surface area contributed by atoms with Crippen LogP contribution in [0, 0.1) is 5.92 Å². The van der Waals surface area contributed by atoms with Gasteiger partial charge in [0.05, 0.1) is 45.0 Å². The Balaban J connectivity index is 1.49. The SMILES string of the molecule is CCOC(=O)C1CCN(CC(=O)N2N=C(c3ccc(OC)cc3)C[C@H]2c2ccc(OC)cc2)CC1. The van der Waals surface area contributed by atoms with Gasteiger partial charge in [0.15, 0.2) is 0 Å². The van der Waals surface area contributed by atoms with Gasteiger partial charge in [-0.25, -0.2) is 5.01 Å². The summed E-state index contributed by atoms with van der Waals surface area (Å²) in [6.45, 7) is 3.85. The number of ether oxygens (including phenoxy) is 3. The topological polar surface area (TPSA) is 80.7 Å². The second kappa shape index (κ2) is 11.4. The van der Waals surface area contributed by atoms with Gasteiger partial charge in [0.25, 0.3) is 5.91 Å². The molecule has 2 aromatic rings. The number of methoxy groups -OCH3 is 2.